The normalized spacial score (nSPS) is 11.9. The van der Waals surface area contributed by atoms with Crippen LogP contribution in [0.25, 0.3) is 0 Å². The van der Waals surface area contributed by atoms with Crippen molar-refractivity contribution in [2.75, 3.05) is 25.0 Å². The van der Waals surface area contributed by atoms with Crippen LogP contribution in [0.15, 0.2) is 77.7 Å². The largest absolute Gasteiger partial charge is 0.497 e. The number of hydrogen-bond acceptors (Lipinski definition) is 5. The Morgan fingerprint density at radius 2 is 1.68 bits per heavy atom. The Bertz CT molecular complexity index is 1350. The van der Waals surface area contributed by atoms with Crippen molar-refractivity contribution in [3.63, 3.8) is 0 Å². The molecule has 10 heteroatoms. The summed E-state index contributed by atoms with van der Waals surface area (Å²) in [4.78, 5) is 27.6. The number of amides is 2. The van der Waals surface area contributed by atoms with E-state index >= 15 is 0 Å². The Hall–Kier alpha value is -3.56. The molecule has 0 saturated carbocycles. The van der Waals surface area contributed by atoms with Crippen molar-refractivity contribution < 1.29 is 22.7 Å². The van der Waals surface area contributed by atoms with Crippen molar-refractivity contribution in [2.45, 2.75) is 31.3 Å². The summed E-state index contributed by atoms with van der Waals surface area (Å²) in [7, 11) is -1.19. The van der Waals surface area contributed by atoms with Gasteiger partial charge in [0.05, 0.1) is 17.7 Å². The third kappa shape index (κ3) is 6.81. The van der Waals surface area contributed by atoms with Crippen molar-refractivity contribution in [1.82, 2.24) is 10.2 Å². The molecule has 0 aliphatic carbocycles. The molecule has 0 aliphatic rings. The number of nitrogens with zero attached hydrogens (tertiary/aromatic N) is 2. The lowest BCUT2D eigenvalue weighted by Gasteiger charge is -2.31. The van der Waals surface area contributed by atoms with E-state index in [9.17, 15) is 18.0 Å². The Balaban J connectivity index is 2.02. The van der Waals surface area contributed by atoms with Crippen LogP contribution in [0.1, 0.15) is 18.1 Å². The highest BCUT2D eigenvalue weighted by molar-refractivity contribution is 7.92. The first kappa shape index (κ1) is 28.0. The summed E-state index contributed by atoms with van der Waals surface area (Å²) in [6.07, 6.45) is 0. The molecule has 0 bridgehead atoms. The summed E-state index contributed by atoms with van der Waals surface area (Å²) < 4.78 is 33.6. The molecular weight excluding hydrogens is 514 g/mol. The van der Waals surface area contributed by atoms with Crippen LogP contribution in [0.5, 0.6) is 5.75 Å². The smallest absolute Gasteiger partial charge is 0.264 e. The summed E-state index contributed by atoms with van der Waals surface area (Å²) in [5.74, 6) is -0.404. The zero-order valence-corrected chi connectivity index (χ0v) is 22.7. The van der Waals surface area contributed by atoms with Crippen molar-refractivity contribution in [2.24, 2.45) is 0 Å². The molecule has 0 saturated heterocycles. The van der Waals surface area contributed by atoms with Gasteiger partial charge >= 0.3 is 0 Å². The minimum absolute atomic E-state index is 0.0133. The van der Waals surface area contributed by atoms with Gasteiger partial charge in [0.25, 0.3) is 10.0 Å². The molecule has 1 N–H and O–H groups in total. The lowest BCUT2D eigenvalue weighted by atomic mass is 10.1. The summed E-state index contributed by atoms with van der Waals surface area (Å²) in [6, 6.07) is 18.8. The Morgan fingerprint density at radius 3 is 2.24 bits per heavy atom. The molecule has 0 fully saturated rings. The van der Waals surface area contributed by atoms with Crippen LogP contribution >= 0.6 is 11.6 Å². The SMILES string of the molecule is CNC(=O)[C@H](C)N(Cc1cccc(C)c1)C(=O)CN(c1ccc(Cl)cc1)S(=O)(=O)c1ccc(OC)cc1. The molecule has 3 aromatic rings. The fraction of sp³-hybridized carbons (Fsp3) is 0.259. The van der Waals surface area contributed by atoms with Gasteiger partial charge in [0.1, 0.15) is 18.3 Å². The molecule has 0 aliphatic heterocycles. The molecule has 2 amide bonds. The molecule has 0 heterocycles. The zero-order valence-electron chi connectivity index (χ0n) is 21.1. The van der Waals surface area contributed by atoms with E-state index in [-0.39, 0.29) is 23.0 Å². The number of nitrogens with one attached hydrogen (secondary N) is 1. The molecule has 8 nitrogen and oxygen atoms in total. The number of likely N-dealkylation sites (N-methyl/N-ethyl adjacent to an activating group) is 1. The summed E-state index contributed by atoms with van der Waals surface area (Å²) in [5, 5.41) is 2.99. The van der Waals surface area contributed by atoms with E-state index in [0.29, 0.717) is 10.8 Å². The van der Waals surface area contributed by atoms with Crippen LogP contribution in [-0.4, -0.2) is 51.9 Å². The van der Waals surface area contributed by atoms with Crippen molar-refractivity contribution in [1.29, 1.82) is 0 Å². The van der Waals surface area contributed by atoms with Gasteiger partial charge in [0.15, 0.2) is 0 Å². The number of aryl methyl sites for hydroxylation is 1. The summed E-state index contributed by atoms with van der Waals surface area (Å²) in [6.45, 7) is 3.15. The second kappa shape index (κ2) is 12.1. The molecule has 0 aromatic heterocycles. The predicted molar refractivity (Wildman–Crippen MR) is 144 cm³/mol. The van der Waals surface area contributed by atoms with Gasteiger partial charge in [-0.05, 0) is 67.9 Å². The Kier molecular flexibility index (Phi) is 9.18. The molecule has 0 radical (unpaired) electrons. The van der Waals surface area contributed by atoms with Crippen LogP contribution in [0.2, 0.25) is 5.02 Å². The first-order chi connectivity index (χ1) is 17.6. The number of rotatable bonds is 10. The fourth-order valence-corrected chi connectivity index (χ4v) is 5.35. The molecule has 3 rings (SSSR count). The molecule has 1 atom stereocenters. The number of anilines is 1. The number of ether oxygens (including phenoxy) is 1. The van der Waals surface area contributed by atoms with Crippen molar-refractivity contribution >= 4 is 39.1 Å². The number of carbonyl (C=O) groups is 2. The van der Waals surface area contributed by atoms with Gasteiger partial charge in [-0.1, -0.05) is 41.4 Å². The molecular formula is C27H30ClN3O5S. The van der Waals surface area contributed by atoms with E-state index in [2.05, 4.69) is 5.32 Å². The number of halogens is 1. The van der Waals surface area contributed by atoms with Crippen LogP contribution < -0.4 is 14.4 Å². The minimum atomic E-state index is -4.16. The lowest BCUT2D eigenvalue weighted by Crippen LogP contribution is -2.50. The third-order valence-corrected chi connectivity index (χ3v) is 7.93. The highest BCUT2D eigenvalue weighted by Crippen LogP contribution is 2.27. The van der Waals surface area contributed by atoms with E-state index in [4.69, 9.17) is 16.3 Å². The lowest BCUT2D eigenvalue weighted by molar-refractivity contribution is -0.139. The molecule has 37 heavy (non-hydrogen) atoms. The van der Waals surface area contributed by atoms with Gasteiger partial charge in [0.2, 0.25) is 11.8 Å². The number of methoxy groups -OCH3 is 1. The maximum atomic E-state index is 13.7. The van der Waals surface area contributed by atoms with Crippen LogP contribution in [0, 0.1) is 6.92 Å². The maximum Gasteiger partial charge on any atom is 0.264 e. The summed E-state index contributed by atoms with van der Waals surface area (Å²) >= 11 is 6.03. The molecule has 196 valence electrons. The van der Waals surface area contributed by atoms with Crippen LogP contribution in [0.4, 0.5) is 5.69 Å². The second-order valence-corrected chi connectivity index (χ2v) is 10.8. The average molecular weight is 544 g/mol. The Labute approximate surface area is 222 Å². The molecule has 3 aromatic carbocycles. The van der Waals surface area contributed by atoms with Gasteiger partial charge in [-0.25, -0.2) is 8.42 Å². The zero-order chi connectivity index (χ0) is 27.2. The van der Waals surface area contributed by atoms with Crippen molar-refractivity contribution in [3.8, 4) is 5.75 Å². The highest BCUT2D eigenvalue weighted by atomic mass is 35.5. The highest BCUT2D eigenvalue weighted by Gasteiger charge is 2.32. The first-order valence-electron chi connectivity index (χ1n) is 11.6. The topological polar surface area (TPSA) is 96.0 Å². The Morgan fingerprint density at radius 1 is 1.03 bits per heavy atom. The van der Waals surface area contributed by atoms with Crippen LogP contribution in [0.3, 0.4) is 0 Å². The van der Waals surface area contributed by atoms with Gasteiger partial charge in [-0.2, -0.15) is 0 Å². The van der Waals surface area contributed by atoms with Gasteiger partial charge in [-0.15, -0.1) is 0 Å². The molecule has 0 unspecified atom stereocenters. The minimum Gasteiger partial charge on any atom is -0.497 e. The quantitative estimate of drug-likeness (QED) is 0.417. The van der Waals surface area contributed by atoms with E-state index in [1.807, 2.05) is 31.2 Å². The van der Waals surface area contributed by atoms with E-state index in [0.717, 1.165) is 15.4 Å². The fourth-order valence-electron chi connectivity index (χ4n) is 3.81. The van der Waals surface area contributed by atoms with Gasteiger partial charge in [-0.3, -0.25) is 13.9 Å². The molecule has 0 spiro atoms. The standard InChI is InChI=1S/C27H30ClN3O5S/c1-19-6-5-7-21(16-19)17-30(20(2)27(33)29-3)26(32)18-31(23-10-8-22(28)9-11-23)37(34,35)25-14-12-24(36-4)13-15-25/h5-16,20H,17-18H2,1-4H3,(H,29,33)/t20-/m0/s1. The monoisotopic (exact) mass is 543 g/mol. The van der Waals surface area contributed by atoms with Crippen molar-refractivity contribution in [3.05, 3.63) is 88.9 Å². The number of sulfonamides is 1. The van der Waals surface area contributed by atoms with E-state index < -0.39 is 28.5 Å². The second-order valence-electron chi connectivity index (χ2n) is 8.46. The third-order valence-electron chi connectivity index (χ3n) is 5.89. The average Bonchev–Trinajstić information content (AvgIpc) is 2.90. The van der Waals surface area contributed by atoms with E-state index in [1.54, 1.807) is 19.1 Å². The van der Waals surface area contributed by atoms with Gasteiger partial charge < -0.3 is 15.0 Å². The predicted octanol–water partition coefficient (Wildman–Crippen LogP) is 4.02. The van der Waals surface area contributed by atoms with Crippen LogP contribution in [-0.2, 0) is 26.2 Å². The first-order valence-corrected chi connectivity index (χ1v) is 13.4. The number of carbonyl (C=O) groups excluding carboxylic acids is 2. The van der Waals surface area contributed by atoms with Gasteiger partial charge in [0, 0.05) is 18.6 Å². The van der Waals surface area contributed by atoms with E-state index in [1.165, 1.54) is 55.5 Å². The number of hydrogen-bond donors (Lipinski definition) is 1. The number of benzene rings is 3. The summed E-state index contributed by atoms with van der Waals surface area (Å²) in [5.41, 5.74) is 2.08. The maximum absolute atomic E-state index is 13.7.